The zero-order valence-corrected chi connectivity index (χ0v) is 15.5. The van der Waals surface area contributed by atoms with Gasteiger partial charge in [-0.3, -0.25) is 9.48 Å². The Bertz CT molecular complexity index is 794. The van der Waals surface area contributed by atoms with Crippen LogP contribution in [-0.2, 0) is 0 Å². The number of allylic oxidation sites excluding steroid dienone is 1. The highest BCUT2D eigenvalue weighted by Crippen LogP contribution is 2.37. The van der Waals surface area contributed by atoms with E-state index in [1.807, 2.05) is 32.4 Å². The van der Waals surface area contributed by atoms with E-state index < -0.39 is 0 Å². The van der Waals surface area contributed by atoms with Crippen molar-refractivity contribution in [1.29, 1.82) is 0 Å². The normalized spacial score (nSPS) is 11.3. The first-order valence-corrected chi connectivity index (χ1v) is 8.03. The average molecular weight is 344 g/mol. The van der Waals surface area contributed by atoms with Crippen molar-refractivity contribution >= 4 is 11.9 Å². The molecule has 1 aromatic heterocycles. The van der Waals surface area contributed by atoms with Gasteiger partial charge in [0, 0.05) is 11.7 Å². The van der Waals surface area contributed by atoms with Crippen LogP contribution in [0.5, 0.6) is 17.2 Å². The molecule has 0 radical (unpaired) electrons. The van der Waals surface area contributed by atoms with Gasteiger partial charge in [-0.25, -0.2) is 0 Å². The van der Waals surface area contributed by atoms with Crippen LogP contribution in [0.2, 0.25) is 0 Å². The van der Waals surface area contributed by atoms with Crippen LogP contribution in [0.4, 0.5) is 0 Å². The standard InChI is InChI=1S/C19H24N2O4/c1-11(2)21-13(4)18(12(3)20-21)15(22)8-7-14-9-16(24-5)19(23)17(10-14)25-6/h7-11,23H,1-6H3/b8-7+. The van der Waals surface area contributed by atoms with E-state index in [0.29, 0.717) is 16.8 Å². The number of phenols is 1. The summed E-state index contributed by atoms with van der Waals surface area (Å²) in [5, 5.41) is 14.4. The summed E-state index contributed by atoms with van der Waals surface area (Å²) >= 11 is 0. The summed E-state index contributed by atoms with van der Waals surface area (Å²) < 4.78 is 12.1. The number of hydrogen-bond donors (Lipinski definition) is 1. The molecule has 2 rings (SSSR count). The van der Waals surface area contributed by atoms with Crippen molar-refractivity contribution in [2.45, 2.75) is 33.7 Å². The zero-order chi connectivity index (χ0) is 18.7. The highest BCUT2D eigenvalue weighted by atomic mass is 16.5. The van der Waals surface area contributed by atoms with Gasteiger partial charge in [-0.05, 0) is 51.5 Å². The fourth-order valence-electron chi connectivity index (χ4n) is 2.79. The van der Waals surface area contributed by atoms with Gasteiger partial charge in [-0.15, -0.1) is 0 Å². The van der Waals surface area contributed by atoms with Crippen molar-refractivity contribution in [3.05, 3.63) is 40.7 Å². The molecule has 0 aliphatic heterocycles. The van der Waals surface area contributed by atoms with Gasteiger partial charge >= 0.3 is 0 Å². The number of ketones is 1. The first kappa shape index (κ1) is 18.6. The van der Waals surface area contributed by atoms with Crippen LogP contribution in [0, 0.1) is 13.8 Å². The summed E-state index contributed by atoms with van der Waals surface area (Å²) in [7, 11) is 2.92. The number of aromatic nitrogens is 2. The predicted molar refractivity (Wildman–Crippen MR) is 96.7 cm³/mol. The van der Waals surface area contributed by atoms with E-state index in [1.165, 1.54) is 20.3 Å². The third-order valence-corrected chi connectivity index (χ3v) is 3.99. The lowest BCUT2D eigenvalue weighted by Gasteiger charge is -2.09. The van der Waals surface area contributed by atoms with Gasteiger partial charge in [0.1, 0.15) is 0 Å². The molecule has 1 N–H and O–H groups in total. The van der Waals surface area contributed by atoms with Gasteiger partial charge in [0.05, 0.1) is 25.5 Å². The summed E-state index contributed by atoms with van der Waals surface area (Å²) in [6.45, 7) is 7.78. The molecule has 0 unspecified atom stereocenters. The van der Waals surface area contributed by atoms with E-state index in [-0.39, 0.29) is 29.1 Å². The number of carbonyl (C=O) groups excluding carboxylic acids is 1. The maximum Gasteiger partial charge on any atom is 0.200 e. The minimum Gasteiger partial charge on any atom is -0.502 e. The Balaban J connectivity index is 2.36. The lowest BCUT2D eigenvalue weighted by molar-refractivity contribution is 0.104. The molecular formula is C19H24N2O4. The second-order valence-electron chi connectivity index (χ2n) is 6.06. The number of ether oxygens (including phenoxy) is 2. The lowest BCUT2D eigenvalue weighted by Crippen LogP contribution is -2.06. The SMILES string of the molecule is COc1cc(/C=C/C(=O)c2c(C)nn(C(C)C)c2C)cc(OC)c1O. The second-order valence-corrected chi connectivity index (χ2v) is 6.06. The molecule has 6 heteroatoms. The number of phenolic OH excluding ortho intramolecular Hbond substituents is 1. The van der Waals surface area contributed by atoms with Crippen LogP contribution >= 0.6 is 0 Å². The molecule has 6 nitrogen and oxygen atoms in total. The Morgan fingerprint density at radius 1 is 1.20 bits per heavy atom. The summed E-state index contributed by atoms with van der Waals surface area (Å²) in [6, 6.07) is 3.47. The fourth-order valence-corrected chi connectivity index (χ4v) is 2.79. The van der Waals surface area contributed by atoms with Crippen LogP contribution in [0.3, 0.4) is 0 Å². The summed E-state index contributed by atoms with van der Waals surface area (Å²) in [6.07, 6.45) is 3.16. The van der Waals surface area contributed by atoms with Gasteiger partial charge in [-0.2, -0.15) is 5.10 Å². The molecule has 0 bridgehead atoms. The summed E-state index contributed by atoms with van der Waals surface area (Å²) in [5.74, 6) is 0.379. The number of methoxy groups -OCH3 is 2. The van der Waals surface area contributed by atoms with Gasteiger partial charge < -0.3 is 14.6 Å². The first-order valence-electron chi connectivity index (χ1n) is 8.03. The Morgan fingerprint density at radius 3 is 2.20 bits per heavy atom. The van der Waals surface area contributed by atoms with E-state index in [9.17, 15) is 9.90 Å². The lowest BCUT2D eigenvalue weighted by atomic mass is 10.1. The number of aryl methyl sites for hydroxylation is 1. The van der Waals surface area contributed by atoms with Crippen LogP contribution in [-0.4, -0.2) is 34.9 Å². The Morgan fingerprint density at radius 2 is 1.76 bits per heavy atom. The van der Waals surface area contributed by atoms with Gasteiger partial charge in [0.25, 0.3) is 0 Å². The maximum absolute atomic E-state index is 12.6. The highest BCUT2D eigenvalue weighted by Gasteiger charge is 2.18. The van der Waals surface area contributed by atoms with Gasteiger partial charge in [0.15, 0.2) is 17.3 Å². The molecule has 25 heavy (non-hydrogen) atoms. The van der Waals surface area contributed by atoms with Crippen LogP contribution in [0.25, 0.3) is 6.08 Å². The Labute approximate surface area is 147 Å². The molecule has 2 aromatic rings. The van der Waals surface area contributed by atoms with Crippen molar-refractivity contribution in [3.63, 3.8) is 0 Å². The number of aromatic hydroxyl groups is 1. The second kappa shape index (κ2) is 7.42. The molecule has 0 saturated carbocycles. The van der Waals surface area contributed by atoms with Crippen molar-refractivity contribution < 1.29 is 19.4 Å². The summed E-state index contributed by atoms with van der Waals surface area (Å²) in [5.41, 5.74) is 2.86. The molecule has 0 spiro atoms. The smallest absolute Gasteiger partial charge is 0.200 e. The van der Waals surface area contributed by atoms with Crippen LogP contribution < -0.4 is 9.47 Å². The molecule has 1 aromatic carbocycles. The van der Waals surface area contributed by atoms with E-state index in [1.54, 1.807) is 18.2 Å². The van der Waals surface area contributed by atoms with Gasteiger partial charge in [0.2, 0.25) is 5.75 Å². The molecule has 0 aliphatic carbocycles. The largest absolute Gasteiger partial charge is 0.502 e. The van der Waals surface area contributed by atoms with E-state index in [2.05, 4.69) is 5.10 Å². The number of benzene rings is 1. The van der Waals surface area contributed by atoms with E-state index >= 15 is 0 Å². The van der Waals surface area contributed by atoms with Crippen LogP contribution in [0.15, 0.2) is 18.2 Å². The quantitative estimate of drug-likeness (QED) is 0.639. The molecule has 0 saturated heterocycles. The average Bonchev–Trinajstić information content (AvgIpc) is 2.88. The molecule has 0 atom stereocenters. The van der Waals surface area contributed by atoms with Crippen molar-refractivity contribution in [1.82, 2.24) is 9.78 Å². The third kappa shape index (κ3) is 3.68. The third-order valence-electron chi connectivity index (χ3n) is 3.99. The minimum atomic E-state index is -0.118. The van der Waals surface area contributed by atoms with E-state index in [0.717, 1.165) is 5.69 Å². The Kier molecular flexibility index (Phi) is 5.51. The number of nitrogens with zero attached hydrogens (tertiary/aromatic N) is 2. The topological polar surface area (TPSA) is 73.6 Å². The predicted octanol–water partition coefficient (Wildman–Crippen LogP) is 3.70. The molecular weight excluding hydrogens is 320 g/mol. The van der Waals surface area contributed by atoms with Crippen molar-refractivity contribution in [3.8, 4) is 17.2 Å². The van der Waals surface area contributed by atoms with Crippen LogP contribution in [0.1, 0.15) is 47.2 Å². The van der Waals surface area contributed by atoms with Gasteiger partial charge in [-0.1, -0.05) is 6.08 Å². The number of hydrogen-bond acceptors (Lipinski definition) is 5. The Hall–Kier alpha value is -2.76. The molecule has 1 heterocycles. The molecule has 0 aliphatic rings. The monoisotopic (exact) mass is 344 g/mol. The summed E-state index contributed by atoms with van der Waals surface area (Å²) in [4.78, 5) is 12.6. The fraction of sp³-hybridized carbons (Fsp3) is 0.368. The van der Waals surface area contributed by atoms with Crippen molar-refractivity contribution in [2.75, 3.05) is 14.2 Å². The minimum absolute atomic E-state index is 0.0709. The molecule has 0 amide bonds. The highest BCUT2D eigenvalue weighted by molar-refractivity contribution is 6.08. The first-order chi connectivity index (χ1) is 11.8. The molecule has 134 valence electrons. The number of carbonyl (C=O) groups is 1. The van der Waals surface area contributed by atoms with E-state index in [4.69, 9.17) is 9.47 Å². The zero-order valence-electron chi connectivity index (χ0n) is 15.5. The molecule has 0 fully saturated rings. The maximum atomic E-state index is 12.6. The van der Waals surface area contributed by atoms with Crippen molar-refractivity contribution in [2.24, 2.45) is 0 Å². The number of rotatable bonds is 6.